The van der Waals surface area contributed by atoms with E-state index in [0.29, 0.717) is 30.9 Å². The van der Waals surface area contributed by atoms with Crippen LogP contribution in [0.5, 0.6) is 0 Å². The van der Waals surface area contributed by atoms with Gasteiger partial charge in [-0.2, -0.15) is 0 Å². The number of hydrogen-bond donors (Lipinski definition) is 2. The number of nitro benzene ring substituents is 1. The van der Waals surface area contributed by atoms with Crippen molar-refractivity contribution in [3.05, 3.63) is 33.9 Å². The third kappa shape index (κ3) is 4.22. The van der Waals surface area contributed by atoms with Crippen molar-refractivity contribution >= 4 is 17.3 Å². The van der Waals surface area contributed by atoms with Gasteiger partial charge in [0.15, 0.2) is 0 Å². The number of anilines is 1. The molecular weight excluding hydrogens is 250 g/mol. The van der Waals surface area contributed by atoms with Gasteiger partial charge in [0, 0.05) is 31.8 Å². The van der Waals surface area contributed by atoms with Crippen LogP contribution < -0.4 is 10.6 Å². The van der Waals surface area contributed by atoms with Crippen LogP contribution in [0.4, 0.5) is 11.4 Å². The molecule has 1 aromatic carbocycles. The van der Waals surface area contributed by atoms with Crippen LogP contribution >= 0.6 is 0 Å². The number of methoxy groups -OCH3 is 1. The lowest BCUT2D eigenvalue weighted by molar-refractivity contribution is -0.384. The van der Waals surface area contributed by atoms with Crippen LogP contribution in [0.15, 0.2) is 18.2 Å². The average Bonchev–Trinajstić information content (AvgIpc) is 2.39. The molecule has 0 spiro atoms. The highest BCUT2D eigenvalue weighted by Crippen LogP contribution is 2.25. The van der Waals surface area contributed by atoms with E-state index in [1.807, 2.05) is 6.92 Å². The van der Waals surface area contributed by atoms with Crippen molar-refractivity contribution < 1.29 is 14.5 Å². The zero-order chi connectivity index (χ0) is 14.3. The monoisotopic (exact) mass is 267 g/mol. The minimum atomic E-state index is -0.482. The highest BCUT2D eigenvalue weighted by molar-refractivity contribution is 5.95. The summed E-state index contributed by atoms with van der Waals surface area (Å²) in [5.41, 5.74) is 0.667. The Morgan fingerprint density at radius 3 is 2.79 bits per heavy atom. The lowest BCUT2D eigenvalue weighted by Crippen LogP contribution is -2.27. The number of hydrogen-bond acceptors (Lipinski definition) is 5. The van der Waals surface area contributed by atoms with Crippen molar-refractivity contribution in [1.82, 2.24) is 5.32 Å². The highest BCUT2D eigenvalue weighted by atomic mass is 16.6. The van der Waals surface area contributed by atoms with Crippen molar-refractivity contribution in [3.63, 3.8) is 0 Å². The molecule has 1 amide bonds. The Balaban J connectivity index is 2.88. The second-order valence-corrected chi connectivity index (χ2v) is 3.77. The Labute approximate surface area is 111 Å². The van der Waals surface area contributed by atoms with Crippen molar-refractivity contribution in [2.75, 3.05) is 32.1 Å². The summed E-state index contributed by atoms with van der Waals surface area (Å²) in [6, 6.07) is 4.23. The lowest BCUT2D eigenvalue weighted by atomic mass is 10.1. The zero-order valence-corrected chi connectivity index (χ0v) is 10.9. The molecule has 0 aliphatic rings. The van der Waals surface area contributed by atoms with Gasteiger partial charge < -0.3 is 15.4 Å². The van der Waals surface area contributed by atoms with Gasteiger partial charge in [-0.05, 0) is 19.1 Å². The smallest absolute Gasteiger partial charge is 0.292 e. The maximum atomic E-state index is 11.8. The number of amides is 1. The summed E-state index contributed by atoms with van der Waals surface area (Å²) in [4.78, 5) is 22.1. The van der Waals surface area contributed by atoms with E-state index in [4.69, 9.17) is 4.74 Å². The van der Waals surface area contributed by atoms with E-state index in [1.54, 1.807) is 7.11 Å². The third-order valence-corrected chi connectivity index (χ3v) is 2.41. The molecule has 19 heavy (non-hydrogen) atoms. The van der Waals surface area contributed by atoms with Crippen LogP contribution in [-0.4, -0.2) is 37.6 Å². The second kappa shape index (κ2) is 7.32. The Bertz CT molecular complexity index is 462. The van der Waals surface area contributed by atoms with E-state index in [0.717, 1.165) is 0 Å². The Morgan fingerprint density at radius 2 is 2.21 bits per heavy atom. The van der Waals surface area contributed by atoms with E-state index >= 15 is 0 Å². The number of carbonyl (C=O) groups is 1. The maximum Gasteiger partial charge on any atom is 0.292 e. The first kappa shape index (κ1) is 14.9. The molecule has 0 aromatic heterocycles. The molecule has 0 atom stereocenters. The molecule has 2 N–H and O–H groups in total. The zero-order valence-electron chi connectivity index (χ0n) is 10.9. The first-order valence-electron chi connectivity index (χ1n) is 5.89. The van der Waals surface area contributed by atoms with E-state index in [2.05, 4.69) is 10.6 Å². The topological polar surface area (TPSA) is 93.5 Å². The van der Waals surface area contributed by atoms with Crippen molar-refractivity contribution in [3.8, 4) is 0 Å². The summed E-state index contributed by atoms with van der Waals surface area (Å²) >= 11 is 0. The minimum Gasteiger partial charge on any atom is -0.383 e. The Hall–Kier alpha value is -2.15. The molecule has 1 aromatic rings. The number of nitrogens with zero attached hydrogens (tertiary/aromatic N) is 1. The summed E-state index contributed by atoms with van der Waals surface area (Å²) < 4.78 is 4.82. The Kier molecular flexibility index (Phi) is 5.74. The molecule has 7 heteroatoms. The van der Waals surface area contributed by atoms with Crippen LogP contribution in [-0.2, 0) is 4.74 Å². The molecular formula is C12H17N3O4. The fourth-order valence-corrected chi connectivity index (χ4v) is 1.54. The average molecular weight is 267 g/mol. The molecule has 0 heterocycles. The summed E-state index contributed by atoms with van der Waals surface area (Å²) in [5, 5.41) is 16.4. The van der Waals surface area contributed by atoms with Gasteiger partial charge in [-0.15, -0.1) is 0 Å². The van der Waals surface area contributed by atoms with E-state index in [1.165, 1.54) is 18.2 Å². The van der Waals surface area contributed by atoms with E-state index < -0.39 is 4.92 Å². The molecule has 0 saturated heterocycles. The van der Waals surface area contributed by atoms with Gasteiger partial charge in [0.1, 0.15) is 5.69 Å². The molecule has 0 aliphatic carbocycles. The Morgan fingerprint density at radius 1 is 1.47 bits per heavy atom. The predicted molar refractivity (Wildman–Crippen MR) is 71.5 cm³/mol. The number of nitrogens with one attached hydrogen (secondary N) is 2. The fraction of sp³-hybridized carbons (Fsp3) is 0.417. The standard InChI is InChI=1S/C12H17N3O4/c1-3-13-10-8-9(4-5-11(10)15(17)18)12(16)14-6-7-19-2/h4-5,8,13H,3,6-7H2,1-2H3,(H,14,16). The molecule has 0 aliphatic heterocycles. The maximum absolute atomic E-state index is 11.8. The molecule has 0 fully saturated rings. The predicted octanol–water partition coefficient (Wildman–Crippen LogP) is 1.40. The van der Waals surface area contributed by atoms with Gasteiger partial charge in [-0.1, -0.05) is 0 Å². The van der Waals surface area contributed by atoms with Crippen LogP contribution in [0.3, 0.4) is 0 Å². The summed E-state index contributed by atoms with van der Waals surface area (Å²) in [6.07, 6.45) is 0. The molecule has 7 nitrogen and oxygen atoms in total. The van der Waals surface area contributed by atoms with Gasteiger partial charge in [0.25, 0.3) is 11.6 Å². The van der Waals surface area contributed by atoms with Gasteiger partial charge in [-0.3, -0.25) is 14.9 Å². The lowest BCUT2D eigenvalue weighted by Gasteiger charge is -2.08. The number of benzene rings is 1. The van der Waals surface area contributed by atoms with Crippen molar-refractivity contribution in [1.29, 1.82) is 0 Å². The largest absolute Gasteiger partial charge is 0.383 e. The molecule has 104 valence electrons. The van der Waals surface area contributed by atoms with E-state index in [9.17, 15) is 14.9 Å². The molecule has 0 unspecified atom stereocenters. The first-order valence-corrected chi connectivity index (χ1v) is 5.89. The van der Waals surface area contributed by atoms with Gasteiger partial charge in [0.05, 0.1) is 11.5 Å². The fourth-order valence-electron chi connectivity index (χ4n) is 1.54. The van der Waals surface area contributed by atoms with Crippen LogP contribution in [0, 0.1) is 10.1 Å². The first-order chi connectivity index (χ1) is 9.10. The van der Waals surface area contributed by atoms with Gasteiger partial charge >= 0.3 is 0 Å². The van der Waals surface area contributed by atoms with E-state index in [-0.39, 0.29) is 11.6 Å². The molecule has 0 radical (unpaired) electrons. The number of nitro groups is 1. The molecule has 1 rings (SSSR count). The summed E-state index contributed by atoms with van der Waals surface area (Å²) in [6.45, 7) is 3.17. The number of ether oxygens (including phenoxy) is 1. The van der Waals surface area contributed by atoms with Crippen LogP contribution in [0.25, 0.3) is 0 Å². The number of rotatable bonds is 7. The minimum absolute atomic E-state index is 0.0460. The normalized spacial score (nSPS) is 10.0. The van der Waals surface area contributed by atoms with Crippen molar-refractivity contribution in [2.24, 2.45) is 0 Å². The quantitative estimate of drug-likeness (QED) is 0.442. The second-order valence-electron chi connectivity index (χ2n) is 3.77. The van der Waals surface area contributed by atoms with Gasteiger partial charge in [-0.25, -0.2) is 0 Å². The number of carbonyl (C=O) groups excluding carboxylic acids is 1. The van der Waals surface area contributed by atoms with Crippen LogP contribution in [0.2, 0.25) is 0 Å². The summed E-state index contributed by atoms with van der Waals surface area (Å²) in [7, 11) is 1.54. The van der Waals surface area contributed by atoms with Crippen molar-refractivity contribution in [2.45, 2.75) is 6.92 Å². The summed E-state index contributed by atoms with van der Waals surface area (Å²) in [5.74, 6) is -0.286. The molecule has 0 bridgehead atoms. The van der Waals surface area contributed by atoms with Crippen LogP contribution in [0.1, 0.15) is 17.3 Å². The highest BCUT2D eigenvalue weighted by Gasteiger charge is 2.16. The van der Waals surface area contributed by atoms with Gasteiger partial charge in [0.2, 0.25) is 0 Å². The SMILES string of the molecule is CCNc1cc(C(=O)NCCOC)ccc1[N+](=O)[O-]. The molecule has 0 saturated carbocycles. The third-order valence-electron chi connectivity index (χ3n) is 2.41.